The van der Waals surface area contributed by atoms with Gasteiger partial charge < -0.3 is 4.98 Å². The topological polar surface area (TPSA) is 12.0 Å². The van der Waals surface area contributed by atoms with Crippen molar-refractivity contribution in [3.8, 4) is 23.7 Å². The smallest absolute Gasteiger partial charge is 0.131 e. The van der Waals surface area contributed by atoms with Gasteiger partial charge in [-0.3, -0.25) is 0 Å². The molecule has 0 aliphatic carbocycles. The van der Waals surface area contributed by atoms with Crippen LogP contribution >= 0.6 is 0 Å². The maximum atomic E-state index is 3.31. The van der Waals surface area contributed by atoms with Gasteiger partial charge in [-0.1, -0.05) is 24.9 Å². The molecule has 0 aliphatic rings. The molecule has 0 saturated carbocycles. The van der Waals surface area contributed by atoms with E-state index in [1.165, 1.54) is 0 Å². The lowest BCUT2D eigenvalue weighted by atomic mass is 10.6. The molecule has 0 saturated heterocycles. The van der Waals surface area contributed by atoms with E-state index in [-0.39, 0.29) is 0 Å². The highest BCUT2D eigenvalue weighted by Gasteiger charge is 2.15. The molecule has 0 aromatic rings. The van der Waals surface area contributed by atoms with Crippen molar-refractivity contribution >= 4 is 8.24 Å². The summed E-state index contributed by atoms with van der Waals surface area (Å²) in [5.74, 6) is 11.3. The summed E-state index contributed by atoms with van der Waals surface area (Å²) in [7, 11) is 0.781. The minimum absolute atomic E-state index is 0.970. The molecular formula is C9H15NSi. The third kappa shape index (κ3) is 5.73. The lowest BCUT2D eigenvalue weighted by Gasteiger charge is -2.16. The van der Waals surface area contributed by atoms with Crippen LogP contribution in [0.25, 0.3) is 0 Å². The Morgan fingerprint density at radius 2 is 1.91 bits per heavy atom. The van der Waals surface area contributed by atoms with E-state index in [1.54, 1.807) is 6.92 Å². The molecule has 0 unspecified atom stereocenters. The van der Waals surface area contributed by atoms with Gasteiger partial charge in [0.15, 0.2) is 0 Å². The lowest BCUT2D eigenvalue weighted by Crippen LogP contribution is -2.41. The standard InChI is InChI=1S/C9H15NSi/c1-5-6-7-8-9-11(3,4)10-2/h10H,9H2,1-4H3. The van der Waals surface area contributed by atoms with Gasteiger partial charge in [0.05, 0.1) is 0 Å². The van der Waals surface area contributed by atoms with E-state index < -0.39 is 8.24 Å². The van der Waals surface area contributed by atoms with Crippen molar-refractivity contribution in [1.29, 1.82) is 0 Å². The third-order valence-corrected chi connectivity index (χ3v) is 3.90. The van der Waals surface area contributed by atoms with E-state index in [9.17, 15) is 0 Å². The van der Waals surface area contributed by atoms with Gasteiger partial charge in [0.25, 0.3) is 0 Å². The monoisotopic (exact) mass is 165 g/mol. The minimum atomic E-state index is -1.22. The Labute approximate surface area is 70.7 Å². The Bertz CT molecular complexity index is 221. The molecule has 0 atom stereocenters. The fourth-order valence-electron chi connectivity index (χ4n) is 0.460. The van der Waals surface area contributed by atoms with Crippen molar-refractivity contribution in [2.75, 3.05) is 7.05 Å². The SMILES string of the molecule is CC#CC#CC[Si](C)(C)NC. The first-order chi connectivity index (χ1) is 5.12. The molecule has 1 N–H and O–H groups in total. The second-order valence-corrected chi connectivity index (χ2v) is 7.61. The zero-order valence-corrected chi connectivity index (χ0v) is 8.71. The number of nitrogens with one attached hydrogen (secondary N) is 1. The average Bonchev–Trinajstić information content (AvgIpc) is 1.99. The predicted molar refractivity (Wildman–Crippen MR) is 52.6 cm³/mol. The molecule has 0 fully saturated rings. The van der Waals surface area contributed by atoms with Gasteiger partial charge in [0.1, 0.15) is 8.24 Å². The Morgan fingerprint density at radius 1 is 1.27 bits per heavy atom. The lowest BCUT2D eigenvalue weighted by molar-refractivity contribution is 1.15. The Morgan fingerprint density at radius 3 is 2.36 bits per heavy atom. The molecule has 0 bridgehead atoms. The Kier molecular flexibility index (Phi) is 4.69. The minimum Gasteiger partial charge on any atom is -0.340 e. The van der Waals surface area contributed by atoms with Gasteiger partial charge in [-0.15, -0.1) is 0 Å². The average molecular weight is 165 g/mol. The normalized spacial score (nSPS) is 9.09. The zero-order valence-electron chi connectivity index (χ0n) is 7.71. The van der Waals surface area contributed by atoms with Crippen LogP contribution in [0.2, 0.25) is 19.1 Å². The van der Waals surface area contributed by atoms with Gasteiger partial charge in [0.2, 0.25) is 0 Å². The highest BCUT2D eigenvalue weighted by Crippen LogP contribution is 2.01. The molecule has 0 amide bonds. The molecule has 0 radical (unpaired) electrons. The molecule has 11 heavy (non-hydrogen) atoms. The first kappa shape index (κ1) is 10.3. The van der Waals surface area contributed by atoms with Crippen LogP contribution in [0.15, 0.2) is 0 Å². The summed E-state index contributed by atoms with van der Waals surface area (Å²) in [4.78, 5) is 3.31. The summed E-state index contributed by atoms with van der Waals surface area (Å²) in [5.41, 5.74) is 0. The van der Waals surface area contributed by atoms with Crippen LogP contribution in [-0.2, 0) is 0 Å². The summed E-state index contributed by atoms with van der Waals surface area (Å²) in [6, 6.07) is 0.970. The Balaban J connectivity index is 3.86. The summed E-state index contributed by atoms with van der Waals surface area (Å²) in [6.07, 6.45) is 0. The van der Waals surface area contributed by atoms with Gasteiger partial charge in [-0.05, 0) is 25.8 Å². The number of hydrogen-bond donors (Lipinski definition) is 1. The summed E-state index contributed by atoms with van der Waals surface area (Å²) in [5, 5.41) is 0. The number of hydrogen-bond acceptors (Lipinski definition) is 1. The van der Waals surface area contributed by atoms with Gasteiger partial charge in [0, 0.05) is 6.04 Å². The molecule has 0 aliphatic heterocycles. The van der Waals surface area contributed by atoms with Crippen LogP contribution in [0.1, 0.15) is 6.92 Å². The van der Waals surface area contributed by atoms with Crippen LogP contribution in [0, 0.1) is 23.7 Å². The summed E-state index contributed by atoms with van der Waals surface area (Å²) >= 11 is 0. The molecule has 60 valence electrons. The van der Waals surface area contributed by atoms with Crippen molar-refractivity contribution in [3.05, 3.63) is 0 Å². The fourth-order valence-corrected chi connectivity index (χ4v) is 1.17. The second-order valence-electron chi connectivity index (χ2n) is 2.99. The fraction of sp³-hybridized carbons (Fsp3) is 0.556. The van der Waals surface area contributed by atoms with Crippen molar-refractivity contribution in [1.82, 2.24) is 4.98 Å². The van der Waals surface area contributed by atoms with E-state index in [0.29, 0.717) is 0 Å². The first-order valence-electron chi connectivity index (χ1n) is 3.71. The predicted octanol–water partition coefficient (Wildman–Crippen LogP) is 1.44. The van der Waals surface area contributed by atoms with E-state index in [1.807, 2.05) is 7.05 Å². The number of rotatable bonds is 2. The molecule has 0 rings (SSSR count). The second kappa shape index (κ2) is 5.01. The summed E-state index contributed by atoms with van der Waals surface area (Å²) in [6.45, 7) is 6.30. The molecule has 0 spiro atoms. The zero-order chi connectivity index (χ0) is 8.74. The largest absolute Gasteiger partial charge is 0.340 e. The Hall–Kier alpha value is -0.703. The molecule has 2 heteroatoms. The van der Waals surface area contributed by atoms with E-state index >= 15 is 0 Å². The third-order valence-electron chi connectivity index (χ3n) is 1.48. The van der Waals surface area contributed by atoms with Crippen LogP contribution in [-0.4, -0.2) is 15.3 Å². The van der Waals surface area contributed by atoms with Gasteiger partial charge in [-0.2, -0.15) is 0 Å². The van der Waals surface area contributed by atoms with Crippen molar-refractivity contribution < 1.29 is 0 Å². The van der Waals surface area contributed by atoms with Crippen molar-refractivity contribution in [2.24, 2.45) is 0 Å². The highest BCUT2D eigenvalue weighted by molar-refractivity contribution is 6.75. The van der Waals surface area contributed by atoms with Crippen LogP contribution in [0.5, 0.6) is 0 Å². The molecule has 1 nitrogen and oxygen atoms in total. The maximum absolute atomic E-state index is 3.31. The van der Waals surface area contributed by atoms with Crippen LogP contribution in [0.4, 0.5) is 0 Å². The van der Waals surface area contributed by atoms with Crippen molar-refractivity contribution in [3.63, 3.8) is 0 Å². The molecule has 0 aromatic heterocycles. The highest BCUT2D eigenvalue weighted by atomic mass is 28.3. The maximum Gasteiger partial charge on any atom is 0.131 e. The van der Waals surface area contributed by atoms with Gasteiger partial charge in [-0.25, -0.2) is 0 Å². The van der Waals surface area contributed by atoms with Crippen molar-refractivity contribution in [2.45, 2.75) is 26.1 Å². The van der Waals surface area contributed by atoms with Gasteiger partial charge >= 0.3 is 0 Å². The van der Waals surface area contributed by atoms with Crippen LogP contribution in [0.3, 0.4) is 0 Å². The molecular weight excluding hydrogens is 150 g/mol. The first-order valence-corrected chi connectivity index (χ1v) is 6.91. The van der Waals surface area contributed by atoms with E-state index in [2.05, 4.69) is 41.8 Å². The van der Waals surface area contributed by atoms with Crippen LogP contribution < -0.4 is 4.98 Å². The molecule has 0 heterocycles. The summed E-state index contributed by atoms with van der Waals surface area (Å²) < 4.78 is 0. The molecule has 0 aromatic carbocycles. The van der Waals surface area contributed by atoms with E-state index in [4.69, 9.17) is 0 Å². The quantitative estimate of drug-likeness (QED) is 0.482. The van der Waals surface area contributed by atoms with E-state index in [0.717, 1.165) is 6.04 Å².